The van der Waals surface area contributed by atoms with Gasteiger partial charge in [0.2, 0.25) is 0 Å². The van der Waals surface area contributed by atoms with Crippen LogP contribution in [0.15, 0.2) is 12.1 Å². The predicted octanol–water partition coefficient (Wildman–Crippen LogP) is 4.09. The van der Waals surface area contributed by atoms with Gasteiger partial charge in [-0.3, -0.25) is 0 Å². The van der Waals surface area contributed by atoms with E-state index in [1.54, 1.807) is 11.8 Å². The topological polar surface area (TPSA) is 37.0 Å². The molecule has 2 N–H and O–H groups in total. The van der Waals surface area contributed by atoms with E-state index >= 15 is 0 Å². The molecule has 1 aromatic rings. The van der Waals surface area contributed by atoms with Gasteiger partial charge in [0.25, 0.3) is 0 Å². The highest BCUT2D eigenvalue weighted by atomic mass is 32.2. The molecule has 0 aliphatic heterocycles. The summed E-state index contributed by atoms with van der Waals surface area (Å²) in [6.45, 7) is 5.02. The van der Waals surface area contributed by atoms with E-state index in [1.165, 1.54) is 0 Å². The van der Waals surface area contributed by atoms with E-state index in [2.05, 4.69) is 22.5 Å². The van der Waals surface area contributed by atoms with Gasteiger partial charge in [-0.05, 0) is 31.7 Å². The van der Waals surface area contributed by atoms with Crippen molar-refractivity contribution in [2.24, 2.45) is 0 Å². The minimum Gasteiger partial charge on any atom is -0.370 e. The van der Waals surface area contributed by atoms with E-state index in [0.29, 0.717) is 18.3 Å². The van der Waals surface area contributed by atoms with Crippen LogP contribution in [-0.2, 0) is 6.18 Å². The number of pyridine rings is 1. The number of nitrogens with zero attached hydrogens (tertiary/aromatic N) is 1. The Morgan fingerprint density at radius 3 is 2.35 bits per heavy atom. The monoisotopic (exact) mass is 307 g/mol. The first-order chi connectivity index (χ1) is 9.36. The number of nitrogens with one attached hydrogen (secondary N) is 2. The van der Waals surface area contributed by atoms with E-state index in [4.69, 9.17) is 0 Å². The number of halogens is 3. The SMILES string of the molecule is CCNc1cc(C(F)(F)F)cc(NCCC(C)SC)n1. The maximum atomic E-state index is 12.8. The van der Waals surface area contributed by atoms with Crippen LogP contribution in [0.25, 0.3) is 0 Å². The minimum atomic E-state index is -4.36. The van der Waals surface area contributed by atoms with Crippen molar-refractivity contribution in [2.75, 3.05) is 30.0 Å². The Morgan fingerprint density at radius 1 is 1.25 bits per heavy atom. The predicted molar refractivity (Wildman–Crippen MR) is 79.5 cm³/mol. The van der Waals surface area contributed by atoms with E-state index < -0.39 is 11.7 Å². The zero-order chi connectivity index (χ0) is 15.2. The van der Waals surface area contributed by atoms with Crippen LogP contribution in [0.5, 0.6) is 0 Å². The molecule has 0 bridgehead atoms. The van der Waals surface area contributed by atoms with Gasteiger partial charge >= 0.3 is 6.18 Å². The number of thioether (sulfide) groups is 1. The van der Waals surface area contributed by atoms with Crippen molar-refractivity contribution in [3.63, 3.8) is 0 Å². The summed E-state index contributed by atoms with van der Waals surface area (Å²) in [5, 5.41) is 6.23. The molecule has 20 heavy (non-hydrogen) atoms. The maximum absolute atomic E-state index is 12.8. The van der Waals surface area contributed by atoms with Crippen LogP contribution in [0.4, 0.5) is 24.8 Å². The summed E-state index contributed by atoms with van der Waals surface area (Å²) in [4.78, 5) is 4.13. The lowest BCUT2D eigenvalue weighted by Crippen LogP contribution is -2.13. The quantitative estimate of drug-likeness (QED) is 0.795. The van der Waals surface area contributed by atoms with Crippen molar-refractivity contribution in [1.82, 2.24) is 4.98 Å². The van der Waals surface area contributed by atoms with Gasteiger partial charge < -0.3 is 10.6 Å². The fraction of sp³-hybridized carbons (Fsp3) is 0.615. The molecule has 0 amide bonds. The minimum absolute atomic E-state index is 0.239. The second kappa shape index (κ2) is 7.61. The van der Waals surface area contributed by atoms with Crippen molar-refractivity contribution in [3.8, 4) is 0 Å². The molecule has 0 saturated carbocycles. The number of anilines is 2. The van der Waals surface area contributed by atoms with Gasteiger partial charge in [0.15, 0.2) is 0 Å². The molecule has 0 aromatic carbocycles. The fourth-order valence-electron chi connectivity index (χ4n) is 1.58. The van der Waals surface area contributed by atoms with E-state index in [9.17, 15) is 13.2 Å². The molecular formula is C13H20F3N3S. The highest BCUT2D eigenvalue weighted by Gasteiger charge is 2.31. The molecule has 0 spiro atoms. The van der Waals surface area contributed by atoms with Crippen LogP contribution in [0.1, 0.15) is 25.8 Å². The maximum Gasteiger partial charge on any atom is 0.416 e. The van der Waals surface area contributed by atoms with Crippen LogP contribution in [0.2, 0.25) is 0 Å². The molecule has 0 fully saturated rings. The Labute approximate surface area is 121 Å². The third-order valence-electron chi connectivity index (χ3n) is 2.77. The third kappa shape index (κ3) is 5.48. The summed E-state index contributed by atoms with van der Waals surface area (Å²) >= 11 is 1.73. The average Bonchev–Trinajstić information content (AvgIpc) is 2.37. The lowest BCUT2D eigenvalue weighted by molar-refractivity contribution is -0.137. The Hall–Kier alpha value is -1.11. The summed E-state index contributed by atoms with van der Waals surface area (Å²) in [6, 6.07) is 2.07. The van der Waals surface area contributed by atoms with E-state index in [-0.39, 0.29) is 11.6 Å². The number of hydrogen-bond donors (Lipinski definition) is 2. The number of alkyl halides is 3. The number of aromatic nitrogens is 1. The first kappa shape index (κ1) is 16.9. The van der Waals surface area contributed by atoms with Crippen LogP contribution < -0.4 is 10.6 Å². The van der Waals surface area contributed by atoms with Crippen molar-refractivity contribution in [2.45, 2.75) is 31.7 Å². The van der Waals surface area contributed by atoms with Gasteiger partial charge in [-0.1, -0.05) is 6.92 Å². The molecule has 1 heterocycles. The number of hydrogen-bond acceptors (Lipinski definition) is 4. The summed E-state index contributed by atoms with van der Waals surface area (Å²) in [5.41, 5.74) is -0.691. The van der Waals surface area contributed by atoms with Gasteiger partial charge in [0.05, 0.1) is 5.56 Å². The smallest absolute Gasteiger partial charge is 0.370 e. The van der Waals surface area contributed by atoms with Gasteiger partial charge in [-0.2, -0.15) is 24.9 Å². The zero-order valence-electron chi connectivity index (χ0n) is 11.8. The second-order valence-electron chi connectivity index (χ2n) is 4.42. The molecule has 1 aromatic heterocycles. The molecule has 0 saturated heterocycles. The average molecular weight is 307 g/mol. The van der Waals surface area contributed by atoms with Gasteiger partial charge in [-0.25, -0.2) is 4.98 Å². The lowest BCUT2D eigenvalue weighted by Gasteiger charge is -2.14. The molecule has 7 heteroatoms. The standard InChI is InChI=1S/C13H20F3N3S/c1-4-17-11-7-10(13(14,15)16)8-12(19-11)18-6-5-9(2)20-3/h7-9H,4-6H2,1-3H3,(H2,17,18,19). The van der Waals surface area contributed by atoms with Crippen molar-refractivity contribution < 1.29 is 13.2 Å². The summed E-state index contributed by atoms with van der Waals surface area (Å²) in [5.74, 6) is 0.492. The molecule has 0 aliphatic carbocycles. The molecular weight excluding hydrogens is 287 g/mol. The molecule has 3 nitrogen and oxygen atoms in total. The Kier molecular flexibility index (Phi) is 6.45. The Morgan fingerprint density at radius 2 is 1.85 bits per heavy atom. The highest BCUT2D eigenvalue weighted by Crippen LogP contribution is 2.32. The summed E-state index contributed by atoms with van der Waals surface area (Å²) in [6.07, 6.45) is -1.48. The molecule has 1 atom stereocenters. The first-order valence-electron chi connectivity index (χ1n) is 6.46. The molecule has 114 valence electrons. The van der Waals surface area contributed by atoms with Gasteiger partial charge in [-0.15, -0.1) is 0 Å². The Balaban J connectivity index is 2.81. The zero-order valence-corrected chi connectivity index (χ0v) is 12.7. The van der Waals surface area contributed by atoms with Crippen molar-refractivity contribution >= 4 is 23.4 Å². The normalized spacial score (nSPS) is 13.1. The Bertz CT molecular complexity index is 424. The van der Waals surface area contributed by atoms with Gasteiger partial charge in [0.1, 0.15) is 11.6 Å². The lowest BCUT2D eigenvalue weighted by atomic mass is 10.2. The molecule has 0 aliphatic rings. The largest absolute Gasteiger partial charge is 0.416 e. The van der Waals surface area contributed by atoms with Crippen molar-refractivity contribution in [1.29, 1.82) is 0 Å². The van der Waals surface area contributed by atoms with E-state index in [0.717, 1.165) is 18.6 Å². The first-order valence-corrected chi connectivity index (χ1v) is 7.75. The second-order valence-corrected chi connectivity index (χ2v) is 5.69. The molecule has 1 rings (SSSR count). The van der Waals surface area contributed by atoms with Crippen LogP contribution >= 0.6 is 11.8 Å². The van der Waals surface area contributed by atoms with Gasteiger partial charge in [0, 0.05) is 18.3 Å². The molecule has 0 radical (unpaired) electrons. The summed E-state index contributed by atoms with van der Waals surface area (Å²) < 4.78 is 38.4. The molecule has 1 unspecified atom stereocenters. The highest BCUT2D eigenvalue weighted by molar-refractivity contribution is 7.99. The third-order valence-corrected chi connectivity index (χ3v) is 3.81. The fourth-order valence-corrected chi connectivity index (χ4v) is 1.93. The number of rotatable bonds is 7. The van der Waals surface area contributed by atoms with Crippen LogP contribution in [0.3, 0.4) is 0 Å². The van der Waals surface area contributed by atoms with E-state index in [1.807, 2.05) is 13.2 Å². The summed E-state index contributed by atoms with van der Waals surface area (Å²) in [7, 11) is 0. The van der Waals surface area contributed by atoms with Crippen molar-refractivity contribution in [3.05, 3.63) is 17.7 Å². The van der Waals surface area contributed by atoms with Crippen LogP contribution in [-0.4, -0.2) is 29.6 Å². The van der Waals surface area contributed by atoms with Crippen LogP contribution in [0, 0.1) is 0 Å².